The molecule has 1 unspecified atom stereocenters. The van der Waals surface area contributed by atoms with E-state index in [2.05, 4.69) is 5.32 Å². The largest absolute Gasteiger partial charge is 0.480 e. The van der Waals surface area contributed by atoms with Gasteiger partial charge in [0.15, 0.2) is 0 Å². The number of amides is 1. The van der Waals surface area contributed by atoms with Crippen molar-refractivity contribution in [2.45, 2.75) is 19.4 Å². The minimum atomic E-state index is -1.05. The van der Waals surface area contributed by atoms with E-state index in [1.165, 1.54) is 6.92 Å². The Morgan fingerprint density at radius 1 is 1.38 bits per heavy atom. The van der Waals surface area contributed by atoms with Crippen LogP contribution in [0.1, 0.15) is 12.5 Å². The van der Waals surface area contributed by atoms with E-state index in [4.69, 9.17) is 16.7 Å². The molecule has 0 radical (unpaired) electrons. The van der Waals surface area contributed by atoms with Gasteiger partial charge in [-0.15, -0.1) is 0 Å². The van der Waals surface area contributed by atoms with E-state index in [-0.39, 0.29) is 12.3 Å². The van der Waals surface area contributed by atoms with E-state index >= 15 is 0 Å². The second-order valence-electron chi connectivity index (χ2n) is 3.42. The van der Waals surface area contributed by atoms with E-state index in [9.17, 15) is 9.59 Å². The molecule has 0 aliphatic heterocycles. The highest BCUT2D eigenvalue weighted by Gasteiger charge is 2.18. The highest BCUT2D eigenvalue weighted by atomic mass is 35.5. The van der Waals surface area contributed by atoms with Crippen molar-refractivity contribution < 1.29 is 14.7 Å². The van der Waals surface area contributed by atoms with Crippen LogP contribution in [0.3, 0.4) is 0 Å². The predicted octanol–water partition coefficient (Wildman–Crippen LogP) is 1.47. The van der Waals surface area contributed by atoms with Gasteiger partial charge in [0.2, 0.25) is 5.91 Å². The summed E-state index contributed by atoms with van der Waals surface area (Å²) in [7, 11) is 0. The van der Waals surface area contributed by atoms with Crippen LogP contribution in [0, 0.1) is 0 Å². The molecule has 1 aromatic carbocycles. The van der Waals surface area contributed by atoms with Crippen molar-refractivity contribution in [3.63, 3.8) is 0 Å². The Kier molecular flexibility index (Phi) is 4.31. The number of carbonyl (C=O) groups is 2. The van der Waals surface area contributed by atoms with Crippen molar-refractivity contribution in [1.82, 2.24) is 5.32 Å². The first-order chi connectivity index (χ1) is 7.49. The fourth-order valence-corrected chi connectivity index (χ4v) is 1.43. The minimum Gasteiger partial charge on any atom is -0.480 e. The number of carboxylic acid groups (broad SMARTS) is 1. The zero-order chi connectivity index (χ0) is 12.1. The third kappa shape index (κ3) is 3.90. The Hall–Kier alpha value is -1.55. The van der Waals surface area contributed by atoms with Crippen molar-refractivity contribution in [2.75, 3.05) is 0 Å². The second kappa shape index (κ2) is 5.51. The molecule has 1 rings (SSSR count). The van der Waals surface area contributed by atoms with Gasteiger partial charge in [0.05, 0.1) is 0 Å². The van der Waals surface area contributed by atoms with Gasteiger partial charge in [0, 0.05) is 18.4 Å². The maximum Gasteiger partial charge on any atom is 0.326 e. The van der Waals surface area contributed by atoms with Crippen LogP contribution >= 0.6 is 11.6 Å². The molecule has 0 saturated carbocycles. The van der Waals surface area contributed by atoms with Crippen LogP contribution in [0.25, 0.3) is 0 Å². The summed E-state index contributed by atoms with van der Waals surface area (Å²) in [4.78, 5) is 21.7. The standard InChI is InChI=1S/C11H12ClNO3/c1-7(14)13-10(11(15)16)6-8-2-4-9(12)5-3-8/h2-5,10H,6H2,1H3,(H,13,14)(H,15,16). The highest BCUT2D eigenvalue weighted by Crippen LogP contribution is 2.11. The van der Waals surface area contributed by atoms with Gasteiger partial charge in [0.25, 0.3) is 0 Å². The number of benzene rings is 1. The predicted molar refractivity (Wildman–Crippen MR) is 60.4 cm³/mol. The monoisotopic (exact) mass is 241 g/mol. The maximum absolute atomic E-state index is 10.9. The fraction of sp³-hybridized carbons (Fsp3) is 0.273. The van der Waals surface area contributed by atoms with Crippen LogP contribution in [0.4, 0.5) is 0 Å². The molecule has 0 bridgehead atoms. The lowest BCUT2D eigenvalue weighted by Gasteiger charge is -2.13. The van der Waals surface area contributed by atoms with Crippen LogP contribution in [0.2, 0.25) is 5.02 Å². The molecule has 0 saturated heterocycles. The van der Waals surface area contributed by atoms with Crippen molar-refractivity contribution in [2.24, 2.45) is 0 Å². The molecule has 0 fully saturated rings. The molecule has 0 aromatic heterocycles. The number of rotatable bonds is 4. The number of carbonyl (C=O) groups excluding carboxylic acids is 1. The van der Waals surface area contributed by atoms with Gasteiger partial charge >= 0.3 is 5.97 Å². The zero-order valence-corrected chi connectivity index (χ0v) is 9.49. The van der Waals surface area contributed by atoms with Crippen LogP contribution in [-0.2, 0) is 16.0 Å². The molecule has 0 aliphatic rings. The van der Waals surface area contributed by atoms with Crippen LogP contribution in [0.5, 0.6) is 0 Å². The lowest BCUT2D eigenvalue weighted by Crippen LogP contribution is -2.41. The number of hydrogen-bond acceptors (Lipinski definition) is 2. The third-order valence-corrected chi connectivity index (χ3v) is 2.28. The third-order valence-electron chi connectivity index (χ3n) is 2.03. The van der Waals surface area contributed by atoms with Gasteiger partial charge in [-0.05, 0) is 17.7 Å². The molecule has 0 heterocycles. The van der Waals surface area contributed by atoms with Crippen LogP contribution < -0.4 is 5.32 Å². The summed E-state index contributed by atoms with van der Waals surface area (Å²) in [6.45, 7) is 1.29. The van der Waals surface area contributed by atoms with E-state index in [0.29, 0.717) is 5.02 Å². The van der Waals surface area contributed by atoms with E-state index < -0.39 is 12.0 Å². The Labute approximate surface area is 98.2 Å². The molecule has 0 aliphatic carbocycles. The quantitative estimate of drug-likeness (QED) is 0.839. The number of hydrogen-bond donors (Lipinski definition) is 2. The van der Waals surface area contributed by atoms with E-state index in [0.717, 1.165) is 5.56 Å². The fourth-order valence-electron chi connectivity index (χ4n) is 1.30. The van der Waals surface area contributed by atoms with Crippen LogP contribution in [-0.4, -0.2) is 23.0 Å². The first-order valence-electron chi connectivity index (χ1n) is 4.73. The Morgan fingerprint density at radius 2 is 1.94 bits per heavy atom. The average molecular weight is 242 g/mol. The van der Waals surface area contributed by atoms with Gasteiger partial charge in [-0.2, -0.15) is 0 Å². The summed E-state index contributed by atoms with van der Waals surface area (Å²) >= 11 is 5.71. The molecule has 4 nitrogen and oxygen atoms in total. The second-order valence-corrected chi connectivity index (χ2v) is 3.86. The lowest BCUT2D eigenvalue weighted by atomic mass is 10.1. The molecule has 1 amide bonds. The summed E-state index contributed by atoms with van der Waals surface area (Å²) in [6, 6.07) is 5.94. The first-order valence-corrected chi connectivity index (χ1v) is 5.11. The number of nitrogens with one attached hydrogen (secondary N) is 1. The molecule has 0 spiro atoms. The summed E-state index contributed by atoms with van der Waals surface area (Å²) in [5, 5.41) is 11.9. The van der Waals surface area contributed by atoms with Gasteiger partial charge in [-0.1, -0.05) is 23.7 Å². The lowest BCUT2D eigenvalue weighted by molar-refractivity contribution is -0.141. The molecule has 2 N–H and O–H groups in total. The average Bonchev–Trinajstić information content (AvgIpc) is 2.19. The summed E-state index contributed by atoms with van der Waals surface area (Å²) in [5.74, 6) is -1.41. The summed E-state index contributed by atoms with van der Waals surface area (Å²) < 4.78 is 0. The Morgan fingerprint density at radius 3 is 2.38 bits per heavy atom. The minimum absolute atomic E-state index is 0.242. The maximum atomic E-state index is 10.9. The molecule has 86 valence electrons. The van der Waals surface area contributed by atoms with Crippen molar-refractivity contribution in [3.05, 3.63) is 34.9 Å². The van der Waals surface area contributed by atoms with Crippen molar-refractivity contribution >= 4 is 23.5 Å². The van der Waals surface area contributed by atoms with E-state index in [1.54, 1.807) is 24.3 Å². The van der Waals surface area contributed by atoms with Crippen LogP contribution in [0.15, 0.2) is 24.3 Å². The van der Waals surface area contributed by atoms with Crippen molar-refractivity contribution in [1.29, 1.82) is 0 Å². The number of halogens is 1. The zero-order valence-electron chi connectivity index (χ0n) is 8.74. The molecular weight excluding hydrogens is 230 g/mol. The molecule has 5 heteroatoms. The van der Waals surface area contributed by atoms with Gasteiger partial charge in [-0.25, -0.2) is 4.79 Å². The highest BCUT2D eigenvalue weighted by molar-refractivity contribution is 6.30. The number of carboxylic acids is 1. The smallest absolute Gasteiger partial charge is 0.326 e. The van der Waals surface area contributed by atoms with Gasteiger partial charge < -0.3 is 10.4 Å². The first kappa shape index (κ1) is 12.5. The molecule has 16 heavy (non-hydrogen) atoms. The molecular formula is C11H12ClNO3. The Bertz CT molecular complexity index is 389. The van der Waals surface area contributed by atoms with E-state index in [1.807, 2.05) is 0 Å². The molecule has 1 aromatic rings. The summed E-state index contributed by atoms with van der Waals surface area (Å²) in [5.41, 5.74) is 0.811. The van der Waals surface area contributed by atoms with Crippen molar-refractivity contribution in [3.8, 4) is 0 Å². The molecule has 1 atom stereocenters. The SMILES string of the molecule is CC(=O)NC(Cc1ccc(Cl)cc1)C(=O)O. The topological polar surface area (TPSA) is 66.4 Å². The Balaban J connectivity index is 2.71. The van der Waals surface area contributed by atoms with Gasteiger partial charge in [-0.3, -0.25) is 4.79 Å². The number of aliphatic carboxylic acids is 1. The summed E-state index contributed by atoms with van der Waals surface area (Å²) in [6.07, 6.45) is 0.242. The van der Waals surface area contributed by atoms with Gasteiger partial charge in [0.1, 0.15) is 6.04 Å². The normalized spacial score (nSPS) is 11.9.